The maximum absolute atomic E-state index is 10.7. The molecule has 0 saturated carbocycles. The van der Waals surface area contributed by atoms with Gasteiger partial charge in [-0.25, -0.2) is 9.13 Å². The molecule has 1 atom stereocenters. The molecule has 0 aliphatic heterocycles. The summed E-state index contributed by atoms with van der Waals surface area (Å²) >= 11 is 0. The van der Waals surface area contributed by atoms with Crippen molar-refractivity contribution in [1.82, 2.24) is 4.57 Å². The molecule has 19 heavy (non-hydrogen) atoms. The zero-order valence-corrected chi connectivity index (χ0v) is 13.2. The Bertz CT molecular complexity index is 535. The average molecular weight is 269 g/mol. The molecule has 0 radical (unpaired) electrons. The van der Waals surface area contributed by atoms with E-state index in [0.717, 1.165) is 11.4 Å². The number of carbonyl (C=O) groups excluding carboxylic acids is 1. The molecular formula is C13H14N2NaO3+. The zero-order valence-electron chi connectivity index (χ0n) is 11.2. The predicted octanol–water partition coefficient (Wildman–Crippen LogP) is -2.70. The number of imidazole rings is 1. The number of carboxylic acid groups (broad SMARTS) is 1. The van der Waals surface area contributed by atoms with E-state index in [4.69, 9.17) is 4.74 Å². The van der Waals surface area contributed by atoms with Crippen LogP contribution in [0, 0.1) is 0 Å². The quantitative estimate of drug-likeness (QED) is 0.346. The SMILES string of the molecule is Cn1cc[n+](C)c1C(OC(=O)[O-])c1ccccc1.[Na+]. The van der Waals surface area contributed by atoms with Crippen LogP contribution in [0.1, 0.15) is 17.5 Å². The van der Waals surface area contributed by atoms with E-state index in [-0.39, 0.29) is 29.6 Å². The second-order valence-electron chi connectivity index (χ2n) is 4.04. The Hall–Kier alpha value is -1.30. The van der Waals surface area contributed by atoms with Gasteiger partial charge in [-0.1, -0.05) is 30.3 Å². The van der Waals surface area contributed by atoms with E-state index in [0.29, 0.717) is 0 Å². The maximum Gasteiger partial charge on any atom is 1.00 e. The second kappa shape index (κ2) is 6.75. The molecule has 0 fully saturated rings. The average Bonchev–Trinajstić information content (AvgIpc) is 2.67. The summed E-state index contributed by atoms with van der Waals surface area (Å²) in [5.41, 5.74) is 0.763. The fourth-order valence-corrected chi connectivity index (χ4v) is 1.97. The van der Waals surface area contributed by atoms with Gasteiger partial charge in [0.2, 0.25) is 0 Å². The molecule has 0 saturated heterocycles. The van der Waals surface area contributed by atoms with Crippen molar-refractivity contribution in [2.75, 3.05) is 0 Å². The van der Waals surface area contributed by atoms with Crippen molar-refractivity contribution in [3.05, 3.63) is 54.1 Å². The molecule has 0 N–H and O–H groups in total. The summed E-state index contributed by atoms with van der Waals surface area (Å²) in [5.74, 6) is 0.727. The standard InChI is InChI=1S/C13H14N2O3.Na/c1-14-8-9-15(2)12(14)11(18-13(16)17)10-6-4-3-5-7-10;/h3-9,11H,1-2H3;/q;+1. The molecule has 0 bridgehead atoms. The number of carbonyl (C=O) groups is 1. The van der Waals surface area contributed by atoms with Gasteiger partial charge in [0.15, 0.2) is 6.10 Å². The van der Waals surface area contributed by atoms with E-state index < -0.39 is 12.3 Å². The zero-order chi connectivity index (χ0) is 13.1. The number of nitrogens with zero attached hydrogens (tertiary/aromatic N) is 2. The molecule has 1 unspecified atom stereocenters. The minimum absolute atomic E-state index is 0. The molecule has 0 amide bonds. The third kappa shape index (κ3) is 3.59. The van der Waals surface area contributed by atoms with Gasteiger partial charge < -0.3 is 14.6 Å². The Balaban J connectivity index is 0.00000180. The summed E-state index contributed by atoms with van der Waals surface area (Å²) in [6.07, 6.45) is 1.44. The minimum Gasteiger partial charge on any atom is -0.529 e. The van der Waals surface area contributed by atoms with E-state index in [1.807, 2.05) is 66.0 Å². The van der Waals surface area contributed by atoms with Crippen LogP contribution in [0.4, 0.5) is 4.79 Å². The van der Waals surface area contributed by atoms with Gasteiger partial charge in [-0.3, -0.25) is 0 Å². The van der Waals surface area contributed by atoms with Crippen molar-refractivity contribution in [1.29, 1.82) is 0 Å². The van der Waals surface area contributed by atoms with Gasteiger partial charge in [-0.2, -0.15) is 0 Å². The number of hydrogen-bond donors (Lipinski definition) is 0. The van der Waals surface area contributed by atoms with Crippen LogP contribution in [0.25, 0.3) is 0 Å². The van der Waals surface area contributed by atoms with E-state index >= 15 is 0 Å². The minimum atomic E-state index is -1.54. The fraction of sp³-hybridized carbons (Fsp3) is 0.231. The second-order valence-corrected chi connectivity index (χ2v) is 4.04. The molecule has 94 valence electrons. The van der Waals surface area contributed by atoms with Gasteiger partial charge in [0.25, 0.3) is 12.0 Å². The molecular weight excluding hydrogens is 255 g/mol. The van der Waals surface area contributed by atoms with Gasteiger partial charge in [0.1, 0.15) is 12.4 Å². The van der Waals surface area contributed by atoms with Crippen LogP contribution in [0.2, 0.25) is 0 Å². The molecule has 2 aromatic rings. The van der Waals surface area contributed by atoms with Crippen LogP contribution in [0.3, 0.4) is 0 Å². The number of hydrogen-bond acceptors (Lipinski definition) is 3. The van der Waals surface area contributed by atoms with Crippen LogP contribution >= 0.6 is 0 Å². The van der Waals surface area contributed by atoms with Crippen molar-refractivity contribution >= 4 is 6.16 Å². The largest absolute Gasteiger partial charge is 1.00 e. The molecule has 0 aliphatic carbocycles. The first kappa shape index (κ1) is 15.8. The molecule has 0 spiro atoms. The first-order chi connectivity index (χ1) is 8.59. The number of ether oxygens (including phenoxy) is 1. The van der Waals surface area contributed by atoms with E-state index in [1.165, 1.54) is 0 Å². The van der Waals surface area contributed by atoms with Gasteiger partial charge in [0.05, 0.1) is 14.1 Å². The topological polar surface area (TPSA) is 58.2 Å². The van der Waals surface area contributed by atoms with Crippen LogP contribution in [0.5, 0.6) is 0 Å². The number of aromatic nitrogens is 2. The van der Waals surface area contributed by atoms with Crippen molar-refractivity contribution < 1.29 is 48.8 Å². The van der Waals surface area contributed by atoms with Gasteiger partial charge in [-0.05, 0) is 5.56 Å². The van der Waals surface area contributed by atoms with Gasteiger partial charge in [-0.15, -0.1) is 0 Å². The predicted molar refractivity (Wildman–Crippen MR) is 61.4 cm³/mol. The molecule has 1 heterocycles. The summed E-state index contributed by atoms with van der Waals surface area (Å²) in [6, 6.07) is 9.18. The molecule has 1 aromatic carbocycles. The fourth-order valence-electron chi connectivity index (χ4n) is 1.97. The van der Waals surface area contributed by atoms with Crippen molar-refractivity contribution in [3.63, 3.8) is 0 Å². The number of benzene rings is 1. The number of aryl methyl sites for hydroxylation is 2. The third-order valence-electron chi connectivity index (χ3n) is 2.79. The summed E-state index contributed by atoms with van der Waals surface area (Å²) in [5, 5.41) is 10.7. The van der Waals surface area contributed by atoms with Crippen LogP contribution < -0.4 is 39.2 Å². The Kier molecular flexibility index (Phi) is 5.60. The van der Waals surface area contributed by atoms with Crippen LogP contribution in [-0.4, -0.2) is 10.7 Å². The molecule has 6 heteroatoms. The van der Waals surface area contributed by atoms with E-state index in [1.54, 1.807) is 0 Å². The number of rotatable bonds is 3. The first-order valence-corrected chi connectivity index (χ1v) is 5.53. The van der Waals surface area contributed by atoms with Gasteiger partial charge in [0, 0.05) is 0 Å². The van der Waals surface area contributed by atoms with Crippen molar-refractivity contribution in [3.8, 4) is 0 Å². The molecule has 5 nitrogen and oxygen atoms in total. The summed E-state index contributed by atoms with van der Waals surface area (Å²) < 4.78 is 8.55. The smallest absolute Gasteiger partial charge is 0.529 e. The van der Waals surface area contributed by atoms with E-state index in [2.05, 4.69) is 0 Å². The third-order valence-corrected chi connectivity index (χ3v) is 2.79. The van der Waals surface area contributed by atoms with Crippen LogP contribution in [0.15, 0.2) is 42.7 Å². The van der Waals surface area contributed by atoms with Crippen molar-refractivity contribution in [2.45, 2.75) is 6.10 Å². The van der Waals surface area contributed by atoms with Crippen molar-refractivity contribution in [2.24, 2.45) is 14.1 Å². The summed E-state index contributed by atoms with van der Waals surface area (Å²) in [7, 11) is 3.67. The Morgan fingerprint density at radius 1 is 1.37 bits per heavy atom. The Morgan fingerprint density at radius 3 is 2.47 bits per heavy atom. The first-order valence-electron chi connectivity index (χ1n) is 5.53. The monoisotopic (exact) mass is 269 g/mol. The summed E-state index contributed by atoms with van der Waals surface area (Å²) in [4.78, 5) is 10.7. The van der Waals surface area contributed by atoms with Crippen LogP contribution in [-0.2, 0) is 18.8 Å². The molecule has 1 aromatic heterocycles. The molecule has 2 rings (SSSR count). The van der Waals surface area contributed by atoms with Gasteiger partial charge >= 0.3 is 29.6 Å². The van der Waals surface area contributed by atoms with E-state index in [9.17, 15) is 9.90 Å². The normalized spacial score (nSPS) is 11.5. The molecule has 0 aliphatic rings. The summed E-state index contributed by atoms with van der Waals surface area (Å²) in [6.45, 7) is 0. The maximum atomic E-state index is 10.7. The Morgan fingerprint density at radius 2 is 2.00 bits per heavy atom. The Labute approximate surface area is 133 Å².